The van der Waals surface area contributed by atoms with Gasteiger partial charge in [-0.1, -0.05) is 0 Å². The fourth-order valence-corrected chi connectivity index (χ4v) is 2.96. The molecular weight excluding hydrogens is 366 g/mol. The Hall–Kier alpha value is -3.82. The van der Waals surface area contributed by atoms with Crippen molar-refractivity contribution >= 4 is 28.4 Å². The van der Waals surface area contributed by atoms with Crippen LogP contribution in [0.25, 0.3) is 16.7 Å². The molecule has 142 valence electrons. The monoisotopic (exact) mass is 382 g/mol. The number of anilines is 3. The van der Waals surface area contributed by atoms with E-state index in [0.717, 1.165) is 6.07 Å². The van der Waals surface area contributed by atoms with Crippen molar-refractivity contribution in [2.45, 2.75) is 13.0 Å². The quantitative estimate of drug-likeness (QED) is 0.496. The van der Waals surface area contributed by atoms with Crippen molar-refractivity contribution in [3.8, 4) is 5.69 Å². The first-order chi connectivity index (χ1) is 13.5. The molecule has 0 unspecified atom stereocenters. The Kier molecular flexibility index (Phi) is 4.22. The van der Waals surface area contributed by atoms with Gasteiger partial charge in [-0.05, 0) is 19.1 Å². The van der Waals surface area contributed by atoms with Crippen LogP contribution >= 0.6 is 0 Å². The Balaban J connectivity index is 1.88. The molecule has 0 radical (unpaired) electrons. The molecule has 0 aliphatic rings. The van der Waals surface area contributed by atoms with Gasteiger partial charge in [0.25, 0.3) is 0 Å². The predicted molar refractivity (Wildman–Crippen MR) is 102 cm³/mol. The second kappa shape index (κ2) is 6.72. The zero-order valence-electron chi connectivity index (χ0n) is 14.8. The number of hydrogen-bond acceptors (Lipinski definition) is 7. The molecule has 0 spiro atoms. The molecule has 0 aliphatic heterocycles. The minimum atomic E-state index is -0.753. The molecule has 4 rings (SSSR count). The summed E-state index contributed by atoms with van der Waals surface area (Å²) in [6.07, 6.45) is 4.46. The zero-order chi connectivity index (χ0) is 19.8. The van der Waals surface area contributed by atoms with E-state index in [1.165, 1.54) is 12.4 Å². The van der Waals surface area contributed by atoms with Gasteiger partial charge in [-0.3, -0.25) is 9.55 Å². The van der Waals surface area contributed by atoms with E-state index in [9.17, 15) is 8.78 Å². The summed E-state index contributed by atoms with van der Waals surface area (Å²) in [5, 5.41) is 3.10. The zero-order valence-corrected chi connectivity index (χ0v) is 14.8. The largest absolute Gasteiger partial charge is 0.393 e. The summed E-state index contributed by atoms with van der Waals surface area (Å²) in [5.41, 5.74) is 12.8. The number of imidazole rings is 1. The number of nitrogens with one attached hydrogen (secondary N) is 1. The van der Waals surface area contributed by atoms with E-state index in [0.29, 0.717) is 17.3 Å². The highest BCUT2D eigenvalue weighted by molar-refractivity contribution is 5.79. The second-order valence-electron chi connectivity index (χ2n) is 6.16. The average Bonchev–Trinajstić information content (AvgIpc) is 3.06. The number of halogens is 2. The lowest BCUT2D eigenvalue weighted by Crippen LogP contribution is -2.15. The summed E-state index contributed by atoms with van der Waals surface area (Å²) < 4.78 is 29.9. The number of hydrogen-bond donors (Lipinski definition) is 3. The van der Waals surface area contributed by atoms with Crippen LogP contribution in [0, 0.1) is 11.6 Å². The van der Waals surface area contributed by atoms with Crippen LogP contribution in [0.1, 0.15) is 18.8 Å². The molecule has 28 heavy (non-hydrogen) atoms. The molecule has 0 amide bonds. The predicted octanol–water partition coefficient (Wildman–Crippen LogP) is 2.83. The first-order valence-corrected chi connectivity index (χ1v) is 8.36. The average molecular weight is 382 g/mol. The maximum Gasteiger partial charge on any atom is 0.155 e. The molecule has 0 bridgehead atoms. The summed E-state index contributed by atoms with van der Waals surface area (Å²) >= 11 is 0. The lowest BCUT2D eigenvalue weighted by atomic mass is 10.2. The second-order valence-corrected chi connectivity index (χ2v) is 6.16. The van der Waals surface area contributed by atoms with Gasteiger partial charge in [-0.2, -0.15) is 0 Å². The van der Waals surface area contributed by atoms with Crippen molar-refractivity contribution in [2.75, 3.05) is 16.8 Å². The molecule has 3 heterocycles. The highest BCUT2D eigenvalue weighted by atomic mass is 19.1. The standard InChI is InChI=1S/C18H16F2N8/c1-9(26-17-14(21)16(22)24-8-25-17)18-27-15-12(20)5-10(19)6-13(15)28(18)11-3-2-4-23-7-11/h2-9H,21H2,1H3,(H3,22,24,25,26)/t9-/m0/s1. The molecule has 8 nitrogen and oxygen atoms in total. The van der Waals surface area contributed by atoms with Crippen LogP contribution in [0.3, 0.4) is 0 Å². The van der Waals surface area contributed by atoms with E-state index >= 15 is 0 Å². The van der Waals surface area contributed by atoms with Crippen molar-refractivity contribution in [3.05, 3.63) is 60.4 Å². The van der Waals surface area contributed by atoms with E-state index in [2.05, 4.69) is 25.3 Å². The van der Waals surface area contributed by atoms with Crippen LogP contribution in [0.5, 0.6) is 0 Å². The Morgan fingerprint density at radius 3 is 2.75 bits per heavy atom. The van der Waals surface area contributed by atoms with Crippen LogP contribution < -0.4 is 16.8 Å². The highest BCUT2D eigenvalue weighted by Gasteiger charge is 2.22. The third kappa shape index (κ3) is 2.94. The molecule has 1 atom stereocenters. The first kappa shape index (κ1) is 17.6. The Labute approximate surface area is 158 Å². The third-order valence-corrected chi connectivity index (χ3v) is 4.26. The molecule has 10 heteroatoms. The minimum Gasteiger partial charge on any atom is -0.393 e. The molecule has 0 aliphatic carbocycles. The van der Waals surface area contributed by atoms with Crippen molar-refractivity contribution < 1.29 is 8.78 Å². The molecule has 4 aromatic rings. The number of pyridine rings is 1. The van der Waals surface area contributed by atoms with Gasteiger partial charge in [-0.25, -0.2) is 23.7 Å². The number of benzene rings is 1. The van der Waals surface area contributed by atoms with E-state index in [4.69, 9.17) is 11.5 Å². The van der Waals surface area contributed by atoms with Crippen molar-refractivity contribution in [1.29, 1.82) is 0 Å². The van der Waals surface area contributed by atoms with Crippen molar-refractivity contribution in [3.63, 3.8) is 0 Å². The Morgan fingerprint density at radius 2 is 2.00 bits per heavy atom. The van der Waals surface area contributed by atoms with Gasteiger partial charge in [0.15, 0.2) is 17.5 Å². The lowest BCUT2D eigenvalue weighted by Gasteiger charge is -2.17. The highest BCUT2D eigenvalue weighted by Crippen LogP contribution is 2.30. The smallest absolute Gasteiger partial charge is 0.155 e. The molecule has 0 saturated carbocycles. The van der Waals surface area contributed by atoms with Crippen molar-refractivity contribution in [2.24, 2.45) is 0 Å². The molecule has 0 saturated heterocycles. The van der Waals surface area contributed by atoms with Crippen molar-refractivity contribution in [1.82, 2.24) is 24.5 Å². The van der Waals surface area contributed by atoms with Crippen LogP contribution in [0.2, 0.25) is 0 Å². The molecule has 3 aromatic heterocycles. The summed E-state index contributed by atoms with van der Waals surface area (Å²) in [6, 6.07) is 5.04. The van der Waals surface area contributed by atoms with E-state index < -0.39 is 17.7 Å². The fourth-order valence-electron chi connectivity index (χ4n) is 2.96. The van der Waals surface area contributed by atoms with Gasteiger partial charge < -0.3 is 16.8 Å². The summed E-state index contributed by atoms with van der Waals surface area (Å²) in [6.45, 7) is 1.79. The Bertz CT molecular complexity index is 1160. The number of nitrogens with two attached hydrogens (primary N) is 2. The molecule has 0 fully saturated rings. The summed E-state index contributed by atoms with van der Waals surface area (Å²) in [7, 11) is 0. The van der Waals surface area contributed by atoms with Gasteiger partial charge in [0.1, 0.15) is 29.2 Å². The van der Waals surface area contributed by atoms with E-state index in [1.54, 1.807) is 36.0 Å². The van der Waals surface area contributed by atoms with Gasteiger partial charge in [0, 0.05) is 18.3 Å². The van der Waals surface area contributed by atoms with E-state index in [1.807, 2.05) is 0 Å². The molecule has 5 N–H and O–H groups in total. The van der Waals surface area contributed by atoms with Gasteiger partial charge in [0.05, 0.1) is 23.4 Å². The maximum absolute atomic E-state index is 14.4. The molecule has 1 aromatic carbocycles. The number of rotatable bonds is 4. The van der Waals surface area contributed by atoms with Gasteiger partial charge in [-0.15, -0.1) is 0 Å². The van der Waals surface area contributed by atoms with Crippen LogP contribution in [-0.2, 0) is 0 Å². The number of nitrogens with zero attached hydrogens (tertiary/aromatic N) is 5. The van der Waals surface area contributed by atoms with Crippen LogP contribution in [0.15, 0.2) is 43.0 Å². The lowest BCUT2D eigenvalue weighted by molar-refractivity contribution is 0.590. The van der Waals surface area contributed by atoms with E-state index in [-0.39, 0.29) is 22.5 Å². The fraction of sp³-hybridized carbons (Fsp3) is 0.111. The summed E-state index contributed by atoms with van der Waals surface area (Å²) in [5.74, 6) is -0.578. The number of fused-ring (bicyclic) bond motifs is 1. The third-order valence-electron chi connectivity index (χ3n) is 4.26. The Morgan fingerprint density at radius 1 is 1.18 bits per heavy atom. The SMILES string of the molecule is C[C@H](Nc1ncnc(N)c1N)c1nc2c(F)cc(F)cc2n1-c1cccnc1. The normalized spacial score (nSPS) is 12.2. The van der Waals surface area contributed by atoms with Crippen LogP contribution in [-0.4, -0.2) is 24.5 Å². The minimum absolute atomic E-state index is 0.0454. The molecular formula is C18H16F2N8. The van der Waals surface area contributed by atoms with Gasteiger partial charge >= 0.3 is 0 Å². The maximum atomic E-state index is 14.4. The van der Waals surface area contributed by atoms with Gasteiger partial charge in [0.2, 0.25) is 0 Å². The number of nitrogen functional groups attached to an aromatic ring is 2. The number of aromatic nitrogens is 5. The summed E-state index contributed by atoms with van der Waals surface area (Å²) in [4.78, 5) is 16.4. The first-order valence-electron chi connectivity index (χ1n) is 8.36. The van der Waals surface area contributed by atoms with Crippen LogP contribution in [0.4, 0.5) is 26.1 Å². The topological polar surface area (TPSA) is 121 Å².